The molecule has 1 atom stereocenters. The Labute approximate surface area is 190 Å². The van der Waals surface area contributed by atoms with Gasteiger partial charge in [-0.1, -0.05) is 42.0 Å². The Kier molecular flexibility index (Phi) is 6.19. The molecule has 32 heavy (non-hydrogen) atoms. The van der Waals surface area contributed by atoms with Gasteiger partial charge in [0, 0.05) is 18.6 Å². The molecule has 0 amide bonds. The summed E-state index contributed by atoms with van der Waals surface area (Å²) in [4.78, 5) is 2.83. The van der Waals surface area contributed by atoms with Gasteiger partial charge in [-0.3, -0.25) is 4.90 Å². The first-order chi connectivity index (χ1) is 15.2. The highest BCUT2D eigenvalue weighted by molar-refractivity contribution is 7.92. The summed E-state index contributed by atoms with van der Waals surface area (Å²) in [6.07, 6.45) is 6.25. The molecule has 5 nitrogen and oxygen atoms in total. The molecule has 0 saturated heterocycles. The van der Waals surface area contributed by atoms with Crippen molar-refractivity contribution in [2.24, 2.45) is 0 Å². The number of methoxy groups -OCH3 is 1. The number of aryl methyl sites for hydroxylation is 1. The highest BCUT2D eigenvalue weighted by Crippen LogP contribution is 2.36. The van der Waals surface area contributed by atoms with Gasteiger partial charge in [-0.05, 0) is 68.5 Å². The lowest BCUT2D eigenvalue weighted by Crippen LogP contribution is -2.43. The first-order valence-electron chi connectivity index (χ1n) is 11.0. The number of phenols is 1. The van der Waals surface area contributed by atoms with E-state index in [0.717, 1.165) is 31.5 Å². The lowest BCUT2D eigenvalue weighted by atomic mass is 9.93. The van der Waals surface area contributed by atoms with E-state index in [1.165, 1.54) is 11.1 Å². The Morgan fingerprint density at radius 3 is 2.59 bits per heavy atom. The van der Waals surface area contributed by atoms with Crippen LogP contribution in [-0.4, -0.2) is 49.4 Å². The Bertz CT molecular complexity index is 1150. The van der Waals surface area contributed by atoms with Gasteiger partial charge in [0.15, 0.2) is 21.3 Å². The molecule has 1 N–H and O–H groups in total. The first kappa shape index (κ1) is 22.6. The Morgan fingerprint density at radius 1 is 1.12 bits per heavy atom. The number of ether oxygens (including phenoxy) is 1. The van der Waals surface area contributed by atoms with Crippen molar-refractivity contribution in [1.82, 2.24) is 4.90 Å². The average Bonchev–Trinajstić information content (AvgIpc) is 3.24. The van der Waals surface area contributed by atoms with Gasteiger partial charge in [0.05, 0.1) is 17.3 Å². The monoisotopic (exact) mass is 453 g/mol. The second-order valence-electron chi connectivity index (χ2n) is 9.26. The third-order valence-corrected chi connectivity index (χ3v) is 8.80. The number of sulfone groups is 1. The van der Waals surface area contributed by atoms with Crippen LogP contribution >= 0.6 is 0 Å². The quantitative estimate of drug-likeness (QED) is 0.667. The molecule has 4 rings (SSSR count). The average molecular weight is 454 g/mol. The zero-order valence-corrected chi connectivity index (χ0v) is 19.7. The molecule has 0 bridgehead atoms. The van der Waals surface area contributed by atoms with E-state index in [2.05, 4.69) is 18.7 Å². The van der Waals surface area contributed by atoms with Crippen LogP contribution in [0.15, 0.2) is 76.7 Å². The summed E-state index contributed by atoms with van der Waals surface area (Å²) in [6, 6.07) is 14.2. The van der Waals surface area contributed by atoms with Crippen LogP contribution in [0, 0.1) is 0 Å². The van der Waals surface area contributed by atoms with Crippen molar-refractivity contribution >= 4 is 9.84 Å². The van der Waals surface area contributed by atoms with Gasteiger partial charge in [-0.25, -0.2) is 8.42 Å². The third-order valence-electron chi connectivity index (χ3n) is 6.75. The minimum atomic E-state index is -3.38. The molecular formula is C26H31NO4S. The molecule has 1 aliphatic heterocycles. The van der Waals surface area contributed by atoms with Crippen LogP contribution in [0.2, 0.25) is 0 Å². The van der Waals surface area contributed by atoms with Crippen LogP contribution in [0.5, 0.6) is 11.5 Å². The topological polar surface area (TPSA) is 66.8 Å². The molecule has 0 spiro atoms. The van der Waals surface area contributed by atoms with E-state index in [0.29, 0.717) is 17.1 Å². The maximum absolute atomic E-state index is 13.1. The molecular weight excluding hydrogens is 422 g/mol. The van der Waals surface area contributed by atoms with E-state index in [-0.39, 0.29) is 11.3 Å². The minimum absolute atomic E-state index is 0.0515. The normalized spacial score (nSPS) is 19.3. The van der Waals surface area contributed by atoms with E-state index in [4.69, 9.17) is 4.74 Å². The van der Waals surface area contributed by atoms with Gasteiger partial charge < -0.3 is 9.84 Å². The third kappa shape index (κ3) is 4.48. The summed E-state index contributed by atoms with van der Waals surface area (Å²) in [7, 11) is -1.82. The zero-order valence-electron chi connectivity index (χ0n) is 18.9. The van der Waals surface area contributed by atoms with Crippen molar-refractivity contribution in [3.63, 3.8) is 0 Å². The minimum Gasteiger partial charge on any atom is -0.504 e. The van der Waals surface area contributed by atoms with E-state index >= 15 is 0 Å². The number of hydrogen-bond acceptors (Lipinski definition) is 5. The van der Waals surface area contributed by atoms with Gasteiger partial charge >= 0.3 is 0 Å². The number of aromatic hydroxyl groups is 1. The Hall–Kier alpha value is -2.57. The van der Waals surface area contributed by atoms with Crippen molar-refractivity contribution in [1.29, 1.82) is 0 Å². The molecule has 6 heteroatoms. The van der Waals surface area contributed by atoms with E-state index in [1.807, 2.05) is 30.4 Å². The molecule has 2 aromatic carbocycles. The lowest BCUT2D eigenvalue weighted by Gasteiger charge is -2.36. The maximum Gasteiger partial charge on any atom is 0.185 e. The van der Waals surface area contributed by atoms with Gasteiger partial charge in [0.1, 0.15) is 0 Å². The molecule has 2 aromatic rings. The summed E-state index contributed by atoms with van der Waals surface area (Å²) in [5.74, 6) is 0.646. The fourth-order valence-corrected chi connectivity index (χ4v) is 6.11. The zero-order chi connectivity index (χ0) is 22.9. The van der Waals surface area contributed by atoms with Gasteiger partial charge in [0.25, 0.3) is 0 Å². The SMILES string of the molecule is COc1cc(CCC(C)(C)N2CC3=C(CC(S(=O)(=O)c4ccccc4)C=C3)C2)ccc1O. The van der Waals surface area contributed by atoms with Crippen molar-refractivity contribution in [2.45, 2.75) is 48.8 Å². The highest BCUT2D eigenvalue weighted by atomic mass is 32.2. The van der Waals surface area contributed by atoms with Crippen molar-refractivity contribution in [2.75, 3.05) is 20.2 Å². The van der Waals surface area contributed by atoms with Gasteiger partial charge in [0.2, 0.25) is 0 Å². The van der Waals surface area contributed by atoms with Crippen molar-refractivity contribution in [3.8, 4) is 11.5 Å². The Morgan fingerprint density at radius 2 is 1.88 bits per heavy atom. The van der Waals surface area contributed by atoms with Gasteiger partial charge in [-0.15, -0.1) is 0 Å². The first-order valence-corrected chi connectivity index (χ1v) is 12.5. The second-order valence-corrected chi connectivity index (χ2v) is 11.4. The van der Waals surface area contributed by atoms with Crippen molar-refractivity contribution in [3.05, 3.63) is 77.4 Å². The number of rotatable bonds is 7. The van der Waals surface area contributed by atoms with E-state index in [9.17, 15) is 13.5 Å². The number of phenolic OH excluding ortho intramolecular Hbond substituents is 1. The summed E-state index contributed by atoms with van der Waals surface area (Å²) in [5.41, 5.74) is 3.56. The van der Waals surface area contributed by atoms with Crippen LogP contribution in [0.25, 0.3) is 0 Å². The predicted octanol–water partition coefficient (Wildman–Crippen LogP) is 4.53. The number of hydrogen-bond donors (Lipinski definition) is 1. The molecule has 1 heterocycles. The highest BCUT2D eigenvalue weighted by Gasteiger charge is 2.36. The molecule has 2 aliphatic rings. The standard InChI is InChI=1S/C26H31NO4S/c1-26(2,14-13-19-9-12-24(28)25(15-19)31-3)27-17-20-10-11-23(16-21(20)18-27)32(29,30)22-7-5-4-6-8-22/h4-12,15,23,28H,13-14,16-18H2,1-3H3. The molecule has 170 valence electrons. The summed E-state index contributed by atoms with van der Waals surface area (Å²) < 4.78 is 31.4. The van der Waals surface area contributed by atoms with Crippen LogP contribution in [0.4, 0.5) is 0 Å². The summed E-state index contributed by atoms with van der Waals surface area (Å²) >= 11 is 0. The van der Waals surface area contributed by atoms with Crippen molar-refractivity contribution < 1.29 is 18.3 Å². The molecule has 1 unspecified atom stereocenters. The number of benzene rings is 2. The fraction of sp³-hybridized carbons (Fsp3) is 0.385. The second kappa shape index (κ2) is 8.75. The van der Waals surface area contributed by atoms with E-state index in [1.54, 1.807) is 37.4 Å². The maximum atomic E-state index is 13.1. The largest absolute Gasteiger partial charge is 0.504 e. The fourth-order valence-electron chi connectivity index (χ4n) is 4.52. The van der Waals surface area contributed by atoms with Crippen LogP contribution in [0.3, 0.4) is 0 Å². The van der Waals surface area contributed by atoms with E-state index < -0.39 is 15.1 Å². The summed E-state index contributed by atoms with van der Waals surface area (Å²) in [6.45, 7) is 6.12. The predicted molar refractivity (Wildman–Crippen MR) is 127 cm³/mol. The smallest absolute Gasteiger partial charge is 0.185 e. The van der Waals surface area contributed by atoms with Crippen LogP contribution < -0.4 is 4.74 Å². The molecule has 0 saturated carbocycles. The summed E-state index contributed by atoms with van der Waals surface area (Å²) in [5, 5.41) is 9.31. The molecule has 0 radical (unpaired) electrons. The molecule has 1 aliphatic carbocycles. The number of nitrogens with zero attached hydrogens (tertiary/aromatic N) is 1. The molecule has 0 fully saturated rings. The van der Waals surface area contributed by atoms with Crippen LogP contribution in [0.1, 0.15) is 32.3 Å². The lowest BCUT2D eigenvalue weighted by molar-refractivity contribution is 0.148. The van der Waals surface area contributed by atoms with Crippen LogP contribution in [-0.2, 0) is 16.3 Å². The molecule has 0 aromatic heterocycles. The van der Waals surface area contributed by atoms with Gasteiger partial charge in [-0.2, -0.15) is 0 Å². The Balaban J connectivity index is 1.41.